The molecule has 14 heavy (non-hydrogen) atoms. The minimum Gasteiger partial charge on any atom is -0.496 e. The van der Waals surface area contributed by atoms with Crippen LogP contribution in [-0.2, 0) is 6.42 Å². The molecule has 2 heteroatoms. The Morgan fingerprint density at radius 3 is 2.71 bits per heavy atom. The van der Waals surface area contributed by atoms with Crippen LogP contribution in [0.2, 0.25) is 0 Å². The van der Waals surface area contributed by atoms with Crippen molar-refractivity contribution in [3.63, 3.8) is 0 Å². The molecule has 1 heterocycles. The second-order valence-corrected chi connectivity index (χ2v) is 4.58. The highest BCUT2D eigenvalue weighted by atomic mass is 32.1. The van der Waals surface area contributed by atoms with E-state index in [0.717, 1.165) is 5.75 Å². The second kappa shape index (κ2) is 6.88. The monoisotopic (exact) mass is 212 g/mol. The first-order chi connectivity index (χ1) is 6.88. The fourth-order valence-electron chi connectivity index (χ4n) is 1.58. The smallest absolute Gasteiger partial charge is 0.132 e. The van der Waals surface area contributed by atoms with Crippen LogP contribution in [0.25, 0.3) is 0 Å². The third kappa shape index (κ3) is 3.70. The Hall–Kier alpha value is -0.500. The maximum Gasteiger partial charge on any atom is 0.132 e. The molecule has 0 radical (unpaired) electrons. The van der Waals surface area contributed by atoms with Crippen LogP contribution >= 0.6 is 11.3 Å². The summed E-state index contributed by atoms with van der Waals surface area (Å²) < 4.78 is 5.27. The van der Waals surface area contributed by atoms with E-state index in [1.54, 1.807) is 7.11 Å². The largest absolute Gasteiger partial charge is 0.496 e. The lowest BCUT2D eigenvalue weighted by molar-refractivity contribution is 0.411. The lowest BCUT2D eigenvalue weighted by Crippen LogP contribution is -1.87. The predicted octanol–water partition coefficient (Wildman–Crippen LogP) is 4.27. The minimum absolute atomic E-state index is 1.07. The van der Waals surface area contributed by atoms with Crippen molar-refractivity contribution in [3.05, 3.63) is 16.3 Å². The average molecular weight is 212 g/mol. The van der Waals surface area contributed by atoms with Crippen LogP contribution in [-0.4, -0.2) is 7.11 Å². The van der Waals surface area contributed by atoms with Crippen molar-refractivity contribution >= 4 is 11.3 Å². The molecule has 0 aliphatic rings. The Labute approximate surface area is 91.1 Å². The third-order valence-electron chi connectivity index (χ3n) is 2.43. The average Bonchev–Trinajstić information content (AvgIpc) is 2.65. The molecule has 1 aromatic rings. The van der Waals surface area contributed by atoms with Gasteiger partial charge in [-0.05, 0) is 24.3 Å². The summed E-state index contributed by atoms with van der Waals surface area (Å²) in [6.07, 6.45) is 7.92. The summed E-state index contributed by atoms with van der Waals surface area (Å²) in [6, 6.07) is 2.06. The Morgan fingerprint density at radius 1 is 1.21 bits per heavy atom. The maximum absolute atomic E-state index is 5.27. The van der Waals surface area contributed by atoms with Crippen molar-refractivity contribution in [2.75, 3.05) is 7.11 Å². The number of unbranched alkanes of at least 4 members (excludes halogenated alkanes) is 4. The zero-order valence-corrected chi connectivity index (χ0v) is 10.0. The van der Waals surface area contributed by atoms with E-state index < -0.39 is 0 Å². The van der Waals surface area contributed by atoms with Gasteiger partial charge in [-0.15, -0.1) is 11.3 Å². The Bertz CT molecular complexity index is 242. The Kier molecular flexibility index (Phi) is 5.69. The second-order valence-electron chi connectivity index (χ2n) is 3.58. The van der Waals surface area contributed by atoms with Crippen LogP contribution in [0.5, 0.6) is 5.75 Å². The van der Waals surface area contributed by atoms with Gasteiger partial charge in [-0.1, -0.05) is 32.6 Å². The van der Waals surface area contributed by atoms with Crippen molar-refractivity contribution < 1.29 is 4.74 Å². The third-order valence-corrected chi connectivity index (χ3v) is 3.39. The summed E-state index contributed by atoms with van der Waals surface area (Å²) in [5.74, 6) is 1.07. The quantitative estimate of drug-likeness (QED) is 0.613. The molecule has 0 unspecified atom stereocenters. The molecule has 0 N–H and O–H groups in total. The first-order valence-corrected chi connectivity index (χ1v) is 6.36. The van der Waals surface area contributed by atoms with Gasteiger partial charge in [-0.3, -0.25) is 0 Å². The van der Waals surface area contributed by atoms with E-state index in [9.17, 15) is 0 Å². The zero-order valence-electron chi connectivity index (χ0n) is 9.21. The molecule has 80 valence electrons. The summed E-state index contributed by atoms with van der Waals surface area (Å²) in [5.41, 5.74) is 0. The molecule has 0 saturated heterocycles. The fraction of sp³-hybridized carbons (Fsp3) is 0.667. The molecule has 0 aliphatic heterocycles. The molecule has 0 fully saturated rings. The van der Waals surface area contributed by atoms with E-state index in [1.165, 1.54) is 43.4 Å². The molecule has 0 aliphatic carbocycles. The first-order valence-electron chi connectivity index (χ1n) is 5.48. The molecule has 0 spiro atoms. The van der Waals surface area contributed by atoms with Crippen LogP contribution in [0.1, 0.15) is 43.9 Å². The van der Waals surface area contributed by atoms with Gasteiger partial charge in [0.25, 0.3) is 0 Å². The normalized spacial score (nSPS) is 10.4. The number of hydrogen-bond donors (Lipinski definition) is 0. The number of thiophene rings is 1. The van der Waals surface area contributed by atoms with Crippen molar-refractivity contribution in [1.29, 1.82) is 0 Å². The van der Waals surface area contributed by atoms with Gasteiger partial charge >= 0.3 is 0 Å². The minimum atomic E-state index is 1.07. The van der Waals surface area contributed by atoms with Crippen molar-refractivity contribution in [2.45, 2.75) is 45.4 Å². The van der Waals surface area contributed by atoms with Gasteiger partial charge in [0, 0.05) is 4.88 Å². The summed E-state index contributed by atoms with van der Waals surface area (Å²) >= 11 is 1.81. The highest BCUT2D eigenvalue weighted by Crippen LogP contribution is 2.26. The lowest BCUT2D eigenvalue weighted by Gasteiger charge is -2.02. The van der Waals surface area contributed by atoms with E-state index in [0.29, 0.717) is 0 Å². The van der Waals surface area contributed by atoms with E-state index in [4.69, 9.17) is 4.74 Å². The maximum atomic E-state index is 5.27. The van der Waals surface area contributed by atoms with Crippen molar-refractivity contribution in [3.8, 4) is 5.75 Å². The molecule has 1 rings (SSSR count). The SMILES string of the molecule is CCCCCCCc1sccc1OC. The van der Waals surface area contributed by atoms with Gasteiger partial charge in [0.1, 0.15) is 5.75 Å². The van der Waals surface area contributed by atoms with E-state index in [1.807, 2.05) is 11.3 Å². The zero-order chi connectivity index (χ0) is 10.2. The first kappa shape index (κ1) is 11.6. The molecule has 0 aromatic carbocycles. The molecule has 1 nitrogen and oxygen atoms in total. The lowest BCUT2D eigenvalue weighted by atomic mass is 10.1. The topological polar surface area (TPSA) is 9.23 Å². The summed E-state index contributed by atoms with van der Waals surface area (Å²) in [4.78, 5) is 1.41. The molecule has 0 atom stereocenters. The summed E-state index contributed by atoms with van der Waals surface area (Å²) in [6.45, 7) is 2.25. The standard InChI is InChI=1S/C12H20OS/c1-3-4-5-6-7-8-12-11(13-2)9-10-14-12/h9-10H,3-8H2,1-2H3. The Morgan fingerprint density at radius 2 is 2.00 bits per heavy atom. The van der Waals surface area contributed by atoms with Crippen LogP contribution in [0.15, 0.2) is 11.4 Å². The molecule has 0 bridgehead atoms. The van der Waals surface area contributed by atoms with Gasteiger partial charge in [0.05, 0.1) is 7.11 Å². The highest BCUT2D eigenvalue weighted by Gasteiger charge is 2.02. The van der Waals surface area contributed by atoms with Gasteiger partial charge < -0.3 is 4.74 Å². The van der Waals surface area contributed by atoms with E-state index >= 15 is 0 Å². The fourth-order valence-corrected chi connectivity index (χ4v) is 2.47. The van der Waals surface area contributed by atoms with E-state index in [-0.39, 0.29) is 0 Å². The van der Waals surface area contributed by atoms with Crippen LogP contribution in [0.3, 0.4) is 0 Å². The molecule has 0 amide bonds. The number of ether oxygens (including phenoxy) is 1. The van der Waals surface area contributed by atoms with Crippen molar-refractivity contribution in [2.24, 2.45) is 0 Å². The highest BCUT2D eigenvalue weighted by molar-refractivity contribution is 7.10. The summed E-state index contributed by atoms with van der Waals surface area (Å²) in [7, 11) is 1.75. The van der Waals surface area contributed by atoms with Crippen LogP contribution in [0.4, 0.5) is 0 Å². The van der Waals surface area contributed by atoms with Gasteiger partial charge in [0.2, 0.25) is 0 Å². The Balaban J connectivity index is 2.17. The summed E-state index contributed by atoms with van der Waals surface area (Å²) in [5, 5.41) is 2.11. The molecule has 0 saturated carbocycles. The number of methoxy groups -OCH3 is 1. The number of rotatable bonds is 7. The van der Waals surface area contributed by atoms with Crippen LogP contribution in [0, 0.1) is 0 Å². The van der Waals surface area contributed by atoms with Crippen molar-refractivity contribution in [1.82, 2.24) is 0 Å². The van der Waals surface area contributed by atoms with Gasteiger partial charge in [-0.2, -0.15) is 0 Å². The number of aryl methyl sites for hydroxylation is 1. The van der Waals surface area contributed by atoms with E-state index in [2.05, 4.69) is 18.4 Å². The number of hydrogen-bond acceptors (Lipinski definition) is 2. The van der Waals surface area contributed by atoms with Gasteiger partial charge in [0.15, 0.2) is 0 Å². The molecular formula is C12H20OS. The van der Waals surface area contributed by atoms with Crippen LogP contribution < -0.4 is 4.74 Å². The van der Waals surface area contributed by atoms with Gasteiger partial charge in [-0.25, -0.2) is 0 Å². The molecular weight excluding hydrogens is 192 g/mol. The predicted molar refractivity (Wildman–Crippen MR) is 63.3 cm³/mol. The molecule has 1 aromatic heterocycles.